The zero-order chi connectivity index (χ0) is 14.8. The maximum Gasteiger partial charge on any atom is 0.311 e. The molecule has 0 saturated carbocycles. The number of hydrogen-bond donors (Lipinski definition) is 1. The van der Waals surface area contributed by atoms with Crippen LogP contribution in [0.25, 0.3) is 0 Å². The lowest BCUT2D eigenvalue weighted by atomic mass is 9.91. The summed E-state index contributed by atoms with van der Waals surface area (Å²) in [5.41, 5.74) is 4.79. The maximum atomic E-state index is 11.6. The Balaban J connectivity index is 1.85. The predicted molar refractivity (Wildman–Crippen MR) is 86.7 cm³/mol. The van der Waals surface area contributed by atoms with Gasteiger partial charge in [0.15, 0.2) is 0 Å². The monoisotopic (exact) mass is 344 g/mol. The Morgan fingerprint density at radius 3 is 2.52 bits per heavy atom. The summed E-state index contributed by atoms with van der Waals surface area (Å²) >= 11 is 3.38. The molecule has 0 aromatic heterocycles. The van der Waals surface area contributed by atoms with Crippen LogP contribution in [0.2, 0.25) is 0 Å². The molecule has 0 heterocycles. The molecular formula is C18H17BrO2. The van der Waals surface area contributed by atoms with Gasteiger partial charge in [0.25, 0.3) is 0 Å². The van der Waals surface area contributed by atoms with E-state index in [4.69, 9.17) is 0 Å². The molecule has 0 spiro atoms. The van der Waals surface area contributed by atoms with E-state index >= 15 is 0 Å². The second kappa shape index (κ2) is 6.02. The van der Waals surface area contributed by atoms with Crippen LogP contribution in [0.5, 0.6) is 0 Å². The fourth-order valence-electron chi connectivity index (χ4n) is 3.03. The Kier molecular flexibility index (Phi) is 4.11. The lowest BCUT2D eigenvalue weighted by molar-refractivity contribution is -0.138. The van der Waals surface area contributed by atoms with Crippen molar-refractivity contribution < 1.29 is 9.90 Å². The Bertz CT molecular complexity index is 661. The molecule has 0 radical (unpaired) electrons. The van der Waals surface area contributed by atoms with Crippen LogP contribution < -0.4 is 0 Å². The lowest BCUT2D eigenvalue weighted by Gasteiger charge is -2.14. The average Bonchev–Trinajstić information content (AvgIpc) is 2.93. The minimum Gasteiger partial charge on any atom is -0.481 e. The lowest BCUT2D eigenvalue weighted by Crippen LogP contribution is -2.14. The zero-order valence-corrected chi connectivity index (χ0v) is 13.3. The molecule has 1 aliphatic rings. The van der Waals surface area contributed by atoms with Crippen molar-refractivity contribution in [2.75, 3.05) is 0 Å². The minimum absolute atomic E-state index is 0.488. The van der Waals surface area contributed by atoms with Gasteiger partial charge in [0, 0.05) is 4.47 Å². The van der Waals surface area contributed by atoms with Crippen LogP contribution in [0.1, 0.15) is 34.6 Å². The summed E-state index contributed by atoms with van der Waals surface area (Å²) < 4.78 is 0.966. The minimum atomic E-state index is -0.766. The van der Waals surface area contributed by atoms with Crippen LogP contribution in [-0.4, -0.2) is 11.1 Å². The number of aryl methyl sites for hydroxylation is 2. The first-order valence-electron chi connectivity index (χ1n) is 7.22. The fraction of sp³-hybridized carbons (Fsp3) is 0.278. The van der Waals surface area contributed by atoms with Crippen molar-refractivity contribution in [3.63, 3.8) is 0 Å². The highest BCUT2D eigenvalue weighted by molar-refractivity contribution is 9.10. The Morgan fingerprint density at radius 2 is 1.81 bits per heavy atom. The third-order valence-electron chi connectivity index (χ3n) is 4.17. The topological polar surface area (TPSA) is 37.3 Å². The highest BCUT2D eigenvalue weighted by Gasteiger charge is 2.21. The van der Waals surface area contributed by atoms with E-state index in [1.54, 1.807) is 0 Å². The molecule has 2 aromatic carbocycles. The largest absolute Gasteiger partial charge is 0.481 e. The molecule has 2 aromatic rings. The number of carboxylic acid groups (broad SMARTS) is 1. The van der Waals surface area contributed by atoms with Gasteiger partial charge in [0.1, 0.15) is 0 Å². The van der Waals surface area contributed by atoms with E-state index in [0.29, 0.717) is 6.42 Å². The van der Waals surface area contributed by atoms with Crippen molar-refractivity contribution in [2.45, 2.75) is 31.6 Å². The number of carbonyl (C=O) groups is 1. The number of rotatable bonds is 4. The van der Waals surface area contributed by atoms with Gasteiger partial charge in [-0.05, 0) is 60.1 Å². The maximum absolute atomic E-state index is 11.6. The van der Waals surface area contributed by atoms with Gasteiger partial charge in [-0.2, -0.15) is 0 Å². The summed E-state index contributed by atoms with van der Waals surface area (Å²) in [6.07, 6.45) is 4.04. The Morgan fingerprint density at radius 1 is 1.10 bits per heavy atom. The van der Waals surface area contributed by atoms with E-state index < -0.39 is 11.9 Å². The number of carboxylic acids is 1. The molecule has 3 rings (SSSR count). The van der Waals surface area contributed by atoms with E-state index in [2.05, 4.69) is 34.1 Å². The van der Waals surface area contributed by atoms with Crippen LogP contribution in [-0.2, 0) is 24.1 Å². The summed E-state index contributed by atoms with van der Waals surface area (Å²) in [5, 5.41) is 9.54. The second-order valence-electron chi connectivity index (χ2n) is 5.60. The van der Waals surface area contributed by atoms with Crippen molar-refractivity contribution in [3.05, 3.63) is 69.2 Å². The summed E-state index contributed by atoms with van der Waals surface area (Å²) in [7, 11) is 0. The molecule has 108 valence electrons. The second-order valence-corrected chi connectivity index (χ2v) is 6.52. The van der Waals surface area contributed by atoms with Gasteiger partial charge in [0.05, 0.1) is 5.92 Å². The first kappa shape index (κ1) is 14.3. The highest BCUT2D eigenvalue weighted by Crippen LogP contribution is 2.27. The third-order valence-corrected chi connectivity index (χ3v) is 4.70. The van der Waals surface area contributed by atoms with Gasteiger partial charge in [-0.3, -0.25) is 4.79 Å². The summed E-state index contributed by atoms with van der Waals surface area (Å²) in [6, 6.07) is 14.0. The number of halogens is 1. The number of benzene rings is 2. The standard InChI is InChI=1S/C18H17BrO2/c19-16-8-6-14(7-9-16)17(18(20)21)11-12-4-5-13-2-1-3-15(13)10-12/h4-10,17H,1-3,11H2,(H,20,21). The van der Waals surface area contributed by atoms with E-state index in [-0.39, 0.29) is 0 Å². The molecule has 1 aliphatic carbocycles. The molecule has 0 aliphatic heterocycles. The predicted octanol–water partition coefficient (Wildman–Crippen LogP) is 4.35. The van der Waals surface area contributed by atoms with Gasteiger partial charge in [-0.25, -0.2) is 0 Å². The Labute approximate surface area is 132 Å². The molecule has 1 atom stereocenters. The van der Waals surface area contributed by atoms with Gasteiger partial charge < -0.3 is 5.11 Å². The molecule has 3 heteroatoms. The smallest absolute Gasteiger partial charge is 0.311 e. The molecular weight excluding hydrogens is 328 g/mol. The molecule has 0 fully saturated rings. The van der Waals surface area contributed by atoms with Crippen LogP contribution in [0.15, 0.2) is 46.9 Å². The fourth-order valence-corrected chi connectivity index (χ4v) is 3.30. The zero-order valence-electron chi connectivity index (χ0n) is 11.7. The normalized spacial score (nSPS) is 14.7. The molecule has 1 unspecified atom stereocenters. The summed E-state index contributed by atoms with van der Waals surface area (Å²) in [6.45, 7) is 0. The SMILES string of the molecule is O=C(O)C(Cc1ccc2c(c1)CCC2)c1ccc(Br)cc1. The average molecular weight is 345 g/mol. The molecule has 0 amide bonds. The molecule has 1 N–H and O–H groups in total. The van der Waals surface area contributed by atoms with Crippen molar-refractivity contribution in [1.29, 1.82) is 0 Å². The summed E-state index contributed by atoms with van der Waals surface area (Å²) in [4.78, 5) is 11.6. The van der Waals surface area contributed by atoms with E-state index in [9.17, 15) is 9.90 Å². The number of aliphatic carboxylic acids is 1. The first-order chi connectivity index (χ1) is 10.1. The Hall–Kier alpha value is -1.61. The molecule has 0 saturated heterocycles. The van der Waals surface area contributed by atoms with Gasteiger partial charge in [-0.1, -0.05) is 46.3 Å². The van der Waals surface area contributed by atoms with Crippen molar-refractivity contribution in [3.8, 4) is 0 Å². The van der Waals surface area contributed by atoms with Crippen LogP contribution >= 0.6 is 15.9 Å². The quantitative estimate of drug-likeness (QED) is 0.895. The van der Waals surface area contributed by atoms with E-state index in [0.717, 1.165) is 28.4 Å². The van der Waals surface area contributed by atoms with Crippen LogP contribution in [0, 0.1) is 0 Å². The summed E-state index contributed by atoms with van der Waals surface area (Å²) in [5.74, 6) is -1.25. The van der Waals surface area contributed by atoms with Gasteiger partial charge in [0.2, 0.25) is 0 Å². The van der Waals surface area contributed by atoms with Crippen molar-refractivity contribution >= 4 is 21.9 Å². The molecule has 2 nitrogen and oxygen atoms in total. The first-order valence-corrected chi connectivity index (χ1v) is 8.02. The van der Waals surface area contributed by atoms with Crippen molar-refractivity contribution in [2.24, 2.45) is 0 Å². The van der Waals surface area contributed by atoms with Crippen molar-refractivity contribution in [1.82, 2.24) is 0 Å². The van der Waals surface area contributed by atoms with Crippen LogP contribution in [0.4, 0.5) is 0 Å². The van der Waals surface area contributed by atoms with Gasteiger partial charge >= 0.3 is 5.97 Å². The molecule has 0 bridgehead atoms. The number of fused-ring (bicyclic) bond motifs is 1. The van der Waals surface area contributed by atoms with E-state index in [1.807, 2.05) is 24.3 Å². The molecule has 21 heavy (non-hydrogen) atoms. The highest BCUT2D eigenvalue weighted by atomic mass is 79.9. The van der Waals surface area contributed by atoms with Crippen LogP contribution in [0.3, 0.4) is 0 Å². The van der Waals surface area contributed by atoms with Gasteiger partial charge in [-0.15, -0.1) is 0 Å². The van der Waals surface area contributed by atoms with E-state index in [1.165, 1.54) is 17.5 Å². The number of hydrogen-bond acceptors (Lipinski definition) is 1. The third kappa shape index (κ3) is 3.18.